The Hall–Kier alpha value is -0.820. The number of rotatable bonds is 4. The molecule has 0 bridgehead atoms. The van der Waals surface area contributed by atoms with Crippen LogP contribution in [0.3, 0.4) is 0 Å². The number of hydrogen-bond acceptors (Lipinski definition) is 1. The Morgan fingerprint density at radius 2 is 1.86 bits per heavy atom. The zero-order valence-corrected chi connectivity index (χ0v) is 9.46. The van der Waals surface area contributed by atoms with E-state index >= 15 is 0 Å². The first kappa shape index (κ1) is 13.2. The van der Waals surface area contributed by atoms with Gasteiger partial charge in [0.05, 0.1) is 0 Å². The lowest BCUT2D eigenvalue weighted by Gasteiger charge is -1.99. The van der Waals surface area contributed by atoms with E-state index in [0.29, 0.717) is 0 Å². The van der Waals surface area contributed by atoms with Gasteiger partial charge in [0.1, 0.15) is 0 Å². The molecule has 0 N–H and O–H groups in total. The highest BCUT2D eigenvalue weighted by Crippen LogP contribution is 2.03. The van der Waals surface area contributed by atoms with E-state index in [4.69, 9.17) is 0 Å². The van der Waals surface area contributed by atoms with Crippen molar-refractivity contribution in [3.63, 3.8) is 0 Å². The van der Waals surface area contributed by atoms with Crippen molar-refractivity contribution in [3.05, 3.63) is 36.6 Å². The number of hydrogen-bond donors (Lipinski definition) is 0. The Labute approximate surface area is 92.7 Å². The van der Waals surface area contributed by atoms with E-state index in [-0.39, 0.29) is 12.4 Å². The minimum Gasteiger partial charge on any atom is -0.261 e. The van der Waals surface area contributed by atoms with Crippen molar-refractivity contribution >= 4 is 18.1 Å². The van der Waals surface area contributed by atoms with Crippen molar-refractivity contribution in [1.82, 2.24) is 0 Å². The van der Waals surface area contributed by atoms with E-state index < -0.39 is 0 Å². The minimum absolute atomic E-state index is 0. The minimum atomic E-state index is 0. The predicted octanol–water partition coefficient (Wildman–Crippen LogP) is 4.07. The molecule has 1 heterocycles. The van der Waals surface area contributed by atoms with Gasteiger partial charge in [-0.15, -0.1) is 12.4 Å². The number of allylic oxidation sites excluding steroid dienone is 5. The van der Waals surface area contributed by atoms with Crippen molar-refractivity contribution in [2.75, 3.05) is 0 Å². The molecule has 78 valence electrons. The number of halogens is 1. The van der Waals surface area contributed by atoms with Crippen molar-refractivity contribution in [2.45, 2.75) is 32.6 Å². The van der Waals surface area contributed by atoms with Crippen molar-refractivity contribution in [2.24, 2.45) is 4.99 Å². The van der Waals surface area contributed by atoms with Crippen LogP contribution in [0, 0.1) is 0 Å². The zero-order valence-electron chi connectivity index (χ0n) is 8.65. The Kier molecular flexibility index (Phi) is 8.25. The maximum Gasteiger partial charge on any atom is 0.0403 e. The molecule has 1 nitrogen and oxygen atoms in total. The first-order valence-corrected chi connectivity index (χ1v) is 5.00. The summed E-state index contributed by atoms with van der Waals surface area (Å²) in [7, 11) is 0. The molecule has 0 atom stereocenters. The monoisotopic (exact) mass is 211 g/mol. The SMILES string of the molecule is CCCCCC1=NC=CC=CC=C1.Cl. The molecule has 0 aromatic carbocycles. The van der Waals surface area contributed by atoms with Gasteiger partial charge in [0.2, 0.25) is 0 Å². The lowest BCUT2D eigenvalue weighted by molar-refractivity contribution is 0.743. The fourth-order valence-corrected chi connectivity index (χ4v) is 1.23. The lowest BCUT2D eigenvalue weighted by atomic mass is 10.1. The van der Waals surface area contributed by atoms with E-state index in [1.807, 2.05) is 30.5 Å². The van der Waals surface area contributed by atoms with Gasteiger partial charge in [-0.05, 0) is 25.0 Å². The molecule has 0 unspecified atom stereocenters. The van der Waals surface area contributed by atoms with Crippen molar-refractivity contribution < 1.29 is 0 Å². The van der Waals surface area contributed by atoms with Crippen molar-refractivity contribution in [3.8, 4) is 0 Å². The van der Waals surface area contributed by atoms with Gasteiger partial charge in [-0.2, -0.15) is 0 Å². The van der Waals surface area contributed by atoms with Crippen LogP contribution in [0.2, 0.25) is 0 Å². The van der Waals surface area contributed by atoms with Gasteiger partial charge in [0, 0.05) is 11.9 Å². The van der Waals surface area contributed by atoms with Crippen LogP contribution in [0.15, 0.2) is 41.6 Å². The van der Waals surface area contributed by atoms with Crippen LogP contribution in [0.25, 0.3) is 0 Å². The molecule has 1 aliphatic heterocycles. The van der Waals surface area contributed by atoms with E-state index in [1.54, 1.807) is 0 Å². The van der Waals surface area contributed by atoms with Crippen LogP contribution in [0.1, 0.15) is 32.6 Å². The topological polar surface area (TPSA) is 12.4 Å². The highest BCUT2D eigenvalue weighted by molar-refractivity contribution is 5.95. The number of aliphatic imine (C=N–C) groups is 1. The third-order valence-corrected chi connectivity index (χ3v) is 1.98. The maximum absolute atomic E-state index is 4.35. The first-order chi connectivity index (χ1) is 6.43. The zero-order chi connectivity index (χ0) is 9.36. The molecular weight excluding hydrogens is 194 g/mol. The summed E-state index contributed by atoms with van der Waals surface area (Å²) in [6.07, 6.45) is 16.9. The number of nitrogens with zero attached hydrogens (tertiary/aromatic N) is 1. The molecule has 0 aromatic heterocycles. The standard InChI is InChI=1S/C12H17N.ClH/c1-2-3-6-9-12-10-7-4-5-8-11-13-12;/h4-5,7-8,10-11H,2-3,6,9H2,1H3;1H. The summed E-state index contributed by atoms with van der Waals surface area (Å²) in [6.45, 7) is 2.22. The summed E-state index contributed by atoms with van der Waals surface area (Å²) < 4.78 is 0. The Bertz CT molecular complexity index is 249. The van der Waals surface area contributed by atoms with Crippen LogP contribution in [0.5, 0.6) is 0 Å². The summed E-state index contributed by atoms with van der Waals surface area (Å²) >= 11 is 0. The maximum atomic E-state index is 4.35. The average Bonchev–Trinajstić information content (AvgIpc) is 2.08. The van der Waals surface area contributed by atoms with Crippen LogP contribution in [0.4, 0.5) is 0 Å². The second-order valence-electron chi connectivity index (χ2n) is 3.16. The van der Waals surface area contributed by atoms with Crippen LogP contribution in [-0.4, -0.2) is 5.71 Å². The predicted molar refractivity (Wildman–Crippen MR) is 66.2 cm³/mol. The molecule has 0 saturated carbocycles. The molecule has 0 spiro atoms. The van der Waals surface area contributed by atoms with Gasteiger partial charge < -0.3 is 0 Å². The second kappa shape index (κ2) is 8.76. The molecule has 0 aromatic rings. The second-order valence-corrected chi connectivity index (χ2v) is 3.16. The fraction of sp³-hybridized carbons (Fsp3) is 0.417. The lowest BCUT2D eigenvalue weighted by Crippen LogP contribution is -1.93. The molecule has 0 amide bonds. The molecule has 0 radical (unpaired) electrons. The number of unbranched alkanes of at least 4 members (excludes halogenated alkanes) is 2. The summed E-state index contributed by atoms with van der Waals surface area (Å²) in [4.78, 5) is 4.35. The van der Waals surface area contributed by atoms with Gasteiger partial charge in [-0.3, -0.25) is 4.99 Å². The highest BCUT2D eigenvalue weighted by Gasteiger charge is 1.93. The Morgan fingerprint density at radius 1 is 1.07 bits per heavy atom. The first-order valence-electron chi connectivity index (χ1n) is 5.00. The van der Waals surface area contributed by atoms with E-state index in [9.17, 15) is 0 Å². The molecule has 1 rings (SSSR count). The summed E-state index contributed by atoms with van der Waals surface area (Å²) in [5, 5.41) is 0. The summed E-state index contributed by atoms with van der Waals surface area (Å²) in [5.41, 5.74) is 1.19. The quantitative estimate of drug-likeness (QED) is 0.622. The third kappa shape index (κ3) is 5.76. The van der Waals surface area contributed by atoms with E-state index in [0.717, 1.165) is 6.42 Å². The largest absolute Gasteiger partial charge is 0.261 e. The van der Waals surface area contributed by atoms with Crippen LogP contribution in [-0.2, 0) is 0 Å². The Morgan fingerprint density at radius 3 is 2.64 bits per heavy atom. The molecule has 0 fully saturated rings. The fourth-order valence-electron chi connectivity index (χ4n) is 1.23. The van der Waals surface area contributed by atoms with Gasteiger partial charge in [-0.25, -0.2) is 0 Å². The van der Waals surface area contributed by atoms with Crippen molar-refractivity contribution in [1.29, 1.82) is 0 Å². The smallest absolute Gasteiger partial charge is 0.0403 e. The average molecular weight is 212 g/mol. The normalized spacial score (nSPS) is 14.2. The molecule has 0 saturated heterocycles. The van der Waals surface area contributed by atoms with Gasteiger partial charge in [0.25, 0.3) is 0 Å². The van der Waals surface area contributed by atoms with Gasteiger partial charge in [0.15, 0.2) is 0 Å². The van der Waals surface area contributed by atoms with Gasteiger partial charge >= 0.3 is 0 Å². The molecule has 0 aliphatic carbocycles. The molecule has 14 heavy (non-hydrogen) atoms. The summed E-state index contributed by atoms with van der Waals surface area (Å²) in [6, 6.07) is 0. The van der Waals surface area contributed by atoms with Crippen LogP contribution >= 0.6 is 12.4 Å². The summed E-state index contributed by atoms with van der Waals surface area (Å²) in [5.74, 6) is 0. The molecular formula is C12H18ClN. The van der Waals surface area contributed by atoms with Gasteiger partial charge in [-0.1, -0.05) is 38.0 Å². The Balaban J connectivity index is 0.00000169. The van der Waals surface area contributed by atoms with E-state index in [1.165, 1.54) is 25.0 Å². The molecule has 2 heteroatoms. The molecule has 1 aliphatic rings. The highest BCUT2D eigenvalue weighted by atomic mass is 35.5. The van der Waals surface area contributed by atoms with Crippen LogP contribution < -0.4 is 0 Å². The van der Waals surface area contributed by atoms with E-state index in [2.05, 4.69) is 18.0 Å². The third-order valence-electron chi connectivity index (χ3n) is 1.98.